The smallest absolute Gasteiger partial charge is 0.243 e. The second kappa shape index (κ2) is 7.07. The number of likely N-dealkylation sites (N-methyl/N-ethyl adjacent to an activating group) is 1. The molecule has 0 aliphatic rings. The molecule has 1 unspecified atom stereocenters. The molecule has 1 aromatic carbocycles. The molecule has 5 nitrogen and oxygen atoms in total. The Labute approximate surface area is 145 Å². The number of carbonyl (C=O) groups excluding carboxylic acids is 1. The molecule has 0 spiro atoms. The van der Waals surface area contributed by atoms with Gasteiger partial charge in [-0.2, -0.15) is 0 Å². The van der Waals surface area contributed by atoms with Crippen LogP contribution in [-0.4, -0.2) is 29.0 Å². The highest BCUT2D eigenvalue weighted by Gasteiger charge is 2.19. The summed E-state index contributed by atoms with van der Waals surface area (Å²) in [6.07, 6.45) is 4.87. The van der Waals surface area contributed by atoms with Crippen molar-refractivity contribution in [2.75, 3.05) is 11.9 Å². The molecular weight excluding hydrogens is 320 g/mol. The van der Waals surface area contributed by atoms with E-state index in [4.69, 9.17) is 5.73 Å². The predicted octanol–water partition coefficient (Wildman–Crippen LogP) is 2.92. The fraction of sp³-hybridized carbons (Fsp3) is 0.278. The second-order valence-corrected chi connectivity index (χ2v) is 7.02. The maximum atomic E-state index is 12.6. The fourth-order valence-corrected chi connectivity index (χ4v) is 3.47. The zero-order chi connectivity index (χ0) is 17.1. The molecular formula is C18H20N4OS. The molecule has 3 rings (SSSR count). The van der Waals surface area contributed by atoms with Gasteiger partial charge in [-0.05, 0) is 55.7 Å². The van der Waals surface area contributed by atoms with Crippen molar-refractivity contribution in [3.8, 4) is 0 Å². The molecule has 2 N–H and O–H groups in total. The molecule has 6 heteroatoms. The lowest BCUT2D eigenvalue weighted by atomic mass is 10.1. The van der Waals surface area contributed by atoms with E-state index in [1.54, 1.807) is 35.7 Å². The van der Waals surface area contributed by atoms with Crippen LogP contribution in [0.5, 0.6) is 0 Å². The summed E-state index contributed by atoms with van der Waals surface area (Å²) in [4.78, 5) is 22.6. The number of fused-ring (bicyclic) bond motifs is 1. The van der Waals surface area contributed by atoms with E-state index in [0.717, 1.165) is 32.9 Å². The summed E-state index contributed by atoms with van der Waals surface area (Å²) < 4.78 is 1.08. The Hall–Kier alpha value is -2.31. The average Bonchev–Trinajstić information content (AvgIpc) is 2.98. The summed E-state index contributed by atoms with van der Waals surface area (Å²) in [6.45, 7) is 1.98. The van der Waals surface area contributed by atoms with E-state index in [-0.39, 0.29) is 5.91 Å². The predicted molar refractivity (Wildman–Crippen MR) is 98.3 cm³/mol. The maximum absolute atomic E-state index is 12.6. The van der Waals surface area contributed by atoms with Crippen molar-refractivity contribution in [3.63, 3.8) is 0 Å². The van der Waals surface area contributed by atoms with E-state index in [9.17, 15) is 4.79 Å². The molecule has 1 amide bonds. The molecule has 0 aliphatic carbocycles. The first-order valence-corrected chi connectivity index (χ1v) is 8.65. The third-order valence-electron chi connectivity index (χ3n) is 4.01. The molecule has 24 heavy (non-hydrogen) atoms. The highest BCUT2D eigenvalue weighted by molar-refractivity contribution is 7.18. The number of aromatic nitrogens is 2. The van der Waals surface area contributed by atoms with Gasteiger partial charge in [0.25, 0.3) is 0 Å². The molecule has 0 radical (unpaired) electrons. The third kappa shape index (κ3) is 3.60. The first-order chi connectivity index (χ1) is 11.5. The van der Waals surface area contributed by atoms with Gasteiger partial charge in [-0.15, -0.1) is 11.3 Å². The SMILES string of the molecule is Cc1nc2ccc(N(C)C(=O)C(N)CCc3ccncc3)cc2s1. The number of benzene rings is 1. The van der Waals surface area contributed by atoms with Crippen molar-refractivity contribution >= 4 is 33.1 Å². The molecule has 0 aliphatic heterocycles. The molecule has 2 aromatic heterocycles. The normalized spacial score (nSPS) is 12.3. The number of carbonyl (C=O) groups is 1. The molecule has 0 fully saturated rings. The van der Waals surface area contributed by atoms with E-state index in [1.165, 1.54) is 0 Å². The second-order valence-electron chi connectivity index (χ2n) is 5.78. The van der Waals surface area contributed by atoms with Crippen LogP contribution < -0.4 is 10.6 Å². The number of thiazole rings is 1. The summed E-state index contributed by atoms with van der Waals surface area (Å²) in [5.74, 6) is -0.0790. The van der Waals surface area contributed by atoms with Gasteiger partial charge in [-0.3, -0.25) is 9.78 Å². The van der Waals surface area contributed by atoms with E-state index in [2.05, 4.69) is 9.97 Å². The van der Waals surface area contributed by atoms with Crippen LogP contribution in [0.4, 0.5) is 5.69 Å². The minimum absolute atomic E-state index is 0.0790. The Balaban J connectivity index is 1.68. The van der Waals surface area contributed by atoms with Crippen molar-refractivity contribution < 1.29 is 4.79 Å². The van der Waals surface area contributed by atoms with Crippen LogP contribution in [-0.2, 0) is 11.2 Å². The molecule has 0 saturated carbocycles. The van der Waals surface area contributed by atoms with E-state index in [1.807, 2.05) is 37.3 Å². The lowest BCUT2D eigenvalue weighted by Crippen LogP contribution is -2.42. The van der Waals surface area contributed by atoms with Gasteiger partial charge in [0.15, 0.2) is 0 Å². The Bertz CT molecular complexity index is 847. The maximum Gasteiger partial charge on any atom is 0.243 e. The topological polar surface area (TPSA) is 72.1 Å². The minimum Gasteiger partial charge on any atom is -0.320 e. The summed E-state index contributed by atoms with van der Waals surface area (Å²) in [7, 11) is 1.77. The van der Waals surface area contributed by atoms with Crippen molar-refractivity contribution in [2.24, 2.45) is 5.73 Å². The highest BCUT2D eigenvalue weighted by atomic mass is 32.1. The molecule has 3 aromatic rings. The lowest BCUT2D eigenvalue weighted by Gasteiger charge is -2.21. The Morgan fingerprint density at radius 1 is 1.29 bits per heavy atom. The molecule has 124 valence electrons. The molecule has 1 atom stereocenters. The first kappa shape index (κ1) is 16.5. The van der Waals surface area contributed by atoms with Crippen molar-refractivity contribution in [1.29, 1.82) is 0 Å². The number of nitrogens with zero attached hydrogens (tertiary/aromatic N) is 3. The number of rotatable bonds is 5. The molecule has 0 bridgehead atoms. The van der Waals surface area contributed by atoms with Gasteiger partial charge in [-0.1, -0.05) is 0 Å². The standard InChI is InChI=1S/C18H20N4OS/c1-12-21-16-6-4-14(11-17(16)24-12)22(2)18(23)15(19)5-3-13-7-9-20-10-8-13/h4,6-11,15H,3,5,19H2,1-2H3. The van der Waals surface area contributed by atoms with Gasteiger partial charge in [0.05, 0.1) is 21.3 Å². The Morgan fingerprint density at radius 3 is 2.79 bits per heavy atom. The molecule has 2 heterocycles. The number of aryl methyl sites for hydroxylation is 2. The van der Waals surface area contributed by atoms with Crippen molar-refractivity contribution in [2.45, 2.75) is 25.8 Å². The number of anilines is 1. The van der Waals surface area contributed by atoms with Gasteiger partial charge in [0, 0.05) is 25.1 Å². The van der Waals surface area contributed by atoms with Crippen molar-refractivity contribution in [1.82, 2.24) is 9.97 Å². The monoisotopic (exact) mass is 340 g/mol. The summed E-state index contributed by atoms with van der Waals surface area (Å²) in [5.41, 5.74) is 9.05. The van der Waals surface area contributed by atoms with Gasteiger partial charge in [-0.25, -0.2) is 4.98 Å². The van der Waals surface area contributed by atoms with Crippen molar-refractivity contribution in [3.05, 3.63) is 53.3 Å². The number of hydrogen-bond acceptors (Lipinski definition) is 5. The zero-order valence-electron chi connectivity index (χ0n) is 13.8. The third-order valence-corrected chi connectivity index (χ3v) is 4.94. The summed E-state index contributed by atoms with van der Waals surface area (Å²) in [5, 5.41) is 1.02. The van der Waals surface area contributed by atoms with E-state index in [0.29, 0.717) is 6.42 Å². The van der Waals surface area contributed by atoms with Crippen LogP contribution in [0.3, 0.4) is 0 Å². The quantitative estimate of drug-likeness (QED) is 0.775. The minimum atomic E-state index is -0.526. The molecule has 0 saturated heterocycles. The Kier molecular flexibility index (Phi) is 4.87. The van der Waals surface area contributed by atoms with Crippen LogP contribution >= 0.6 is 11.3 Å². The highest BCUT2D eigenvalue weighted by Crippen LogP contribution is 2.26. The first-order valence-electron chi connectivity index (χ1n) is 7.84. The number of hydrogen-bond donors (Lipinski definition) is 1. The zero-order valence-corrected chi connectivity index (χ0v) is 14.6. The number of amides is 1. The van der Waals surface area contributed by atoms with Gasteiger partial charge in [0.1, 0.15) is 0 Å². The summed E-state index contributed by atoms with van der Waals surface area (Å²) in [6, 6.07) is 9.22. The van der Waals surface area contributed by atoms with E-state index < -0.39 is 6.04 Å². The van der Waals surface area contributed by atoms with Gasteiger partial charge >= 0.3 is 0 Å². The van der Waals surface area contributed by atoms with Gasteiger partial charge < -0.3 is 10.6 Å². The van der Waals surface area contributed by atoms with E-state index >= 15 is 0 Å². The number of nitrogens with two attached hydrogens (primary N) is 1. The summed E-state index contributed by atoms with van der Waals surface area (Å²) >= 11 is 1.63. The largest absolute Gasteiger partial charge is 0.320 e. The Morgan fingerprint density at radius 2 is 2.04 bits per heavy atom. The van der Waals surface area contributed by atoms with Crippen LogP contribution in [0.15, 0.2) is 42.7 Å². The van der Waals surface area contributed by atoms with Gasteiger partial charge in [0.2, 0.25) is 5.91 Å². The lowest BCUT2D eigenvalue weighted by molar-refractivity contribution is -0.119. The fourth-order valence-electron chi connectivity index (χ4n) is 2.61. The van der Waals surface area contributed by atoms with Crippen LogP contribution in [0, 0.1) is 6.92 Å². The van der Waals surface area contributed by atoms with Crippen LogP contribution in [0.25, 0.3) is 10.2 Å². The number of pyridine rings is 1. The van der Waals surface area contributed by atoms with Crippen LogP contribution in [0.1, 0.15) is 17.0 Å². The average molecular weight is 340 g/mol. The van der Waals surface area contributed by atoms with Crippen LogP contribution in [0.2, 0.25) is 0 Å².